The number of hydrogen-bond acceptors (Lipinski definition) is 3. The van der Waals surface area contributed by atoms with Crippen molar-refractivity contribution in [3.05, 3.63) is 28.5 Å². The van der Waals surface area contributed by atoms with Gasteiger partial charge >= 0.3 is 12.3 Å². The van der Waals surface area contributed by atoms with Crippen LogP contribution in [0.5, 0.6) is 0 Å². The maximum Gasteiger partial charge on any atom is 0.431 e. The summed E-state index contributed by atoms with van der Waals surface area (Å²) in [6, 6.07) is 2.63. The molecule has 0 unspecified atom stereocenters. The van der Waals surface area contributed by atoms with Crippen LogP contribution >= 0.6 is 15.9 Å². The minimum atomic E-state index is -4.75. The zero-order valence-electron chi connectivity index (χ0n) is 11.1. The number of rotatable bonds is 2. The molecule has 0 saturated carbocycles. The van der Waals surface area contributed by atoms with Gasteiger partial charge in [-0.1, -0.05) is 15.9 Å². The van der Waals surface area contributed by atoms with Gasteiger partial charge in [-0.05, 0) is 32.9 Å². The molecule has 0 spiro atoms. The number of alkyl carbamates (subject to hydrolysis) is 1. The zero-order valence-corrected chi connectivity index (χ0v) is 12.7. The van der Waals surface area contributed by atoms with Gasteiger partial charge in [0.05, 0.1) is 5.69 Å². The first kappa shape index (κ1) is 16.7. The van der Waals surface area contributed by atoms with Gasteiger partial charge in [0, 0.05) is 16.2 Å². The van der Waals surface area contributed by atoms with Crippen LogP contribution in [0.15, 0.2) is 22.8 Å². The Kier molecular flexibility index (Phi) is 5.01. The van der Waals surface area contributed by atoms with Crippen molar-refractivity contribution in [3.8, 4) is 0 Å². The van der Waals surface area contributed by atoms with Crippen molar-refractivity contribution in [1.29, 1.82) is 0 Å². The van der Waals surface area contributed by atoms with Crippen LogP contribution in [0, 0.1) is 0 Å². The standard InChI is InChI=1S/C12H14BrF3N2O2/c1-11(2,3)18-10(19)20-9(12(14,15)16)8-6-7(13)4-5-17-8/h4-6,9H,1-3H3,(H,18,19)/t9-/m0/s1. The quantitative estimate of drug-likeness (QED) is 0.873. The summed E-state index contributed by atoms with van der Waals surface area (Å²) >= 11 is 3.05. The summed E-state index contributed by atoms with van der Waals surface area (Å²) in [5, 5.41) is 2.31. The fourth-order valence-corrected chi connectivity index (χ4v) is 1.65. The first-order valence-corrected chi connectivity index (χ1v) is 6.45. The molecule has 0 fully saturated rings. The van der Waals surface area contributed by atoms with Gasteiger partial charge in [-0.25, -0.2) is 4.79 Å². The second kappa shape index (κ2) is 5.99. The zero-order chi connectivity index (χ0) is 15.6. The minimum Gasteiger partial charge on any atom is -0.430 e. The molecule has 1 aromatic heterocycles. The van der Waals surface area contributed by atoms with E-state index in [1.165, 1.54) is 12.3 Å². The fraction of sp³-hybridized carbons (Fsp3) is 0.500. The molecule has 8 heteroatoms. The SMILES string of the molecule is CC(C)(C)NC(=O)O[C@@H](c1cc(Br)ccn1)C(F)(F)F. The molecule has 1 rings (SSSR count). The molecule has 1 atom stereocenters. The molecule has 1 aromatic rings. The Hall–Kier alpha value is -1.31. The highest BCUT2D eigenvalue weighted by Crippen LogP contribution is 2.35. The molecule has 0 aliphatic rings. The Morgan fingerprint density at radius 2 is 2.00 bits per heavy atom. The Labute approximate surface area is 122 Å². The number of hydrogen-bond donors (Lipinski definition) is 1. The Morgan fingerprint density at radius 3 is 2.45 bits per heavy atom. The van der Waals surface area contributed by atoms with Crippen molar-refractivity contribution in [1.82, 2.24) is 10.3 Å². The van der Waals surface area contributed by atoms with E-state index in [0.29, 0.717) is 4.47 Å². The van der Waals surface area contributed by atoms with Crippen molar-refractivity contribution in [2.24, 2.45) is 0 Å². The molecule has 1 N–H and O–H groups in total. The minimum absolute atomic E-state index is 0.393. The number of carbonyl (C=O) groups is 1. The number of alkyl halides is 3. The average molecular weight is 355 g/mol. The monoisotopic (exact) mass is 354 g/mol. The second-order valence-corrected chi connectivity index (χ2v) is 6.02. The fourth-order valence-electron chi connectivity index (χ4n) is 1.30. The van der Waals surface area contributed by atoms with Crippen LogP contribution in [0.4, 0.5) is 18.0 Å². The molecule has 1 heterocycles. The molecule has 0 radical (unpaired) electrons. The normalized spacial score (nSPS) is 13.8. The summed E-state index contributed by atoms with van der Waals surface area (Å²) in [7, 11) is 0. The van der Waals surface area contributed by atoms with Gasteiger partial charge in [0.1, 0.15) is 0 Å². The topological polar surface area (TPSA) is 51.2 Å². The van der Waals surface area contributed by atoms with E-state index in [4.69, 9.17) is 0 Å². The summed E-state index contributed by atoms with van der Waals surface area (Å²) in [6.45, 7) is 4.90. The van der Waals surface area contributed by atoms with Gasteiger partial charge in [-0.3, -0.25) is 4.98 Å². The third-order valence-electron chi connectivity index (χ3n) is 2.01. The lowest BCUT2D eigenvalue weighted by atomic mass is 10.1. The van der Waals surface area contributed by atoms with E-state index in [-0.39, 0.29) is 0 Å². The highest BCUT2D eigenvalue weighted by Gasteiger charge is 2.45. The van der Waals surface area contributed by atoms with E-state index in [1.807, 2.05) is 0 Å². The number of pyridine rings is 1. The average Bonchev–Trinajstić information content (AvgIpc) is 2.21. The highest BCUT2D eigenvalue weighted by atomic mass is 79.9. The van der Waals surface area contributed by atoms with Crippen molar-refractivity contribution in [2.75, 3.05) is 0 Å². The summed E-state index contributed by atoms with van der Waals surface area (Å²) < 4.78 is 43.8. The molecule has 1 amide bonds. The van der Waals surface area contributed by atoms with E-state index in [0.717, 1.165) is 6.07 Å². The van der Waals surface area contributed by atoms with Crippen LogP contribution < -0.4 is 5.32 Å². The molecule has 0 saturated heterocycles. The van der Waals surface area contributed by atoms with Crippen LogP contribution in [0.2, 0.25) is 0 Å². The van der Waals surface area contributed by atoms with Gasteiger partial charge in [-0.2, -0.15) is 13.2 Å². The van der Waals surface area contributed by atoms with Crippen molar-refractivity contribution in [3.63, 3.8) is 0 Å². The smallest absolute Gasteiger partial charge is 0.430 e. The van der Waals surface area contributed by atoms with Crippen LogP contribution in [-0.2, 0) is 4.74 Å². The number of carbonyl (C=O) groups excluding carboxylic acids is 1. The predicted molar refractivity (Wildman–Crippen MR) is 70.1 cm³/mol. The lowest BCUT2D eigenvalue weighted by Crippen LogP contribution is -2.42. The van der Waals surface area contributed by atoms with Crippen LogP contribution in [0.3, 0.4) is 0 Å². The Balaban J connectivity index is 2.95. The van der Waals surface area contributed by atoms with Crippen molar-refractivity contribution >= 4 is 22.0 Å². The van der Waals surface area contributed by atoms with Gasteiger partial charge < -0.3 is 10.1 Å². The summed E-state index contributed by atoms with van der Waals surface area (Å²) in [5.74, 6) is 0. The third-order valence-corrected chi connectivity index (χ3v) is 2.50. The first-order valence-electron chi connectivity index (χ1n) is 5.66. The molecule has 0 aromatic carbocycles. The van der Waals surface area contributed by atoms with E-state index in [1.54, 1.807) is 20.8 Å². The summed E-state index contributed by atoms with van der Waals surface area (Å²) in [6.07, 6.45) is -7.12. The van der Waals surface area contributed by atoms with Gasteiger partial charge in [0.2, 0.25) is 6.10 Å². The maximum absolute atomic E-state index is 13.0. The first-order chi connectivity index (χ1) is 8.99. The van der Waals surface area contributed by atoms with Crippen LogP contribution in [0.25, 0.3) is 0 Å². The Bertz CT molecular complexity index is 486. The largest absolute Gasteiger partial charge is 0.431 e. The van der Waals surface area contributed by atoms with E-state index < -0.39 is 29.6 Å². The number of amides is 1. The van der Waals surface area contributed by atoms with Crippen molar-refractivity contribution in [2.45, 2.75) is 38.6 Å². The van der Waals surface area contributed by atoms with Crippen molar-refractivity contribution < 1.29 is 22.7 Å². The van der Waals surface area contributed by atoms with Crippen LogP contribution in [-0.4, -0.2) is 22.8 Å². The van der Waals surface area contributed by atoms with Gasteiger partial charge in [-0.15, -0.1) is 0 Å². The number of nitrogens with one attached hydrogen (secondary N) is 1. The summed E-state index contributed by atoms with van der Waals surface area (Å²) in [4.78, 5) is 15.1. The van der Waals surface area contributed by atoms with Crippen LogP contribution in [0.1, 0.15) is 32.6 Å². The number of halogens is 4. The predicted octanol–water partition coefficient (Wildman–Crippen LogP) is 3.97. The molecular formula is C12H14BrF3N2O2. The van der Waals surface area contributed by atoms with Gasteiger partial charge in [0.15, 0.2) is 0 Å². The maximum atomic E-state index is 13.0. The van der Waals surface area contributed by atoms with E-state index >= 15 is 0 Å². The number of ether oxygens (including phenoxy) is 1. The molecule has 0 aliphatic carbocycles. The number of aromatic nitrogens is 1. The second-order valence-electron chi connectivity index (χ2n) is 5.10. The van der Waals surface area contributed by atoms with Gasteiger partial charge in [0.25, 0.3) is 0 Å². The molecule has 20 heavy (non-hydrogen) atoms. The highest BCUT2D eigenvalue weighted by molar-refractivity contribution is 9.10. The summed E-state index contributed by atoms with van der Waals surface area (Å²) in [5.41, 5.74) is -1.09. The van der Waals surface area contributed by atoms with E-state index in [2.05, 4.69) is 31.0 Å². The molecule has 112 valence electrons. The lowest BCUT2D eigenvalue weighted by Gasteiger charge is -2.24. The van der Waals surface area contributed by atoms with E-state index in [9.17, 15) is 18.0 Å². The molecular weight excluding hydrogens is 341 g/mol. The molecule has 0 aliphatic heterocycles. The third kappa shape index (κ3) is 5.36. The molecule has 0 bridgehead atoms. The lowest BCUT2D eigenvalue weighted by molar-refractivity contribution is -0.207. The Morgan fingerprint density at radius 1 is 1.40 bits per heavy atom. The number of nitrogens with zero attached hydrogens (tertiary/aromatic N) is 1. The molecule has 4 nitrogen and oxygen atoms in total.